The molecule has 0 bridgehead atoms. The van der Waals surface area contributed by atoms with Crippen molar-refractivity contribution in [2.45, 2.75) is 181 Å². The third kappa shape index (κ3) is 38.1. The van der Waals surface area contributed by atoms with Crippen LogP contribution in [0.25, 0.3) is 22.0 Å². The Kier molecular flexibility index (Phi) is 55.3. The summed E-state index contributed by atoms with van der Waals surface area (Å²) in [5, 5.41) is 50.2. The molecule has 7 heterocycles. The molecule has 0 aliphatic carbocycles. The molecule has 17 nitrogen and oxygen atoms in total. The molecule has 2 unspecified atom stereocenters. The molecule has 0 aliphatic rings. The maximum atomic E-state index is 13.4. The van der Waals surface area contributed by atoms with Crippen LogP contribution in [0, 0.1) is 59.4 Å². The number of hydrogen-bond donors (Lipinski definition) is 4. The summed E-state index contributed by atoms with van der Waals surface area (Å²) < 4.78 is 151. The van der Waals surface area contributed by atoms with Gasteiger partial charge in [0.25, 0.3) is 0 Å². The Labute approximate surface area is 896 Å². The average Bonchev–Trinajstić information content (AvgIpc) is 1.43. The van der Waals surface area contributed by atoms with Crippen LogP contribution >= 0.6 is 187 Å². The standard InChI is InChI=1S/C17H13BrO3S2.C14H14BrNO2.C12H17Br2NO.C11H7Br2N.C9H9BrF4Si.C7H6BrNO.C6H2BBrF4O2.C4H2BrN2.C4H4BrNO.3C4H9.Sn/c18-15-9-8-13(23(20,21)12-5-2-1-3-6-12)11-14(15)17(19)16-7-4-10-22-16;1-2-3-6-18-11-4-5-12-10(7-11)8-16-13(9-17)14(12)15;1-8(2)4-3-5-10(16)12-9(13)6-7-11(14)15-12;12-9-6-7-10(13)14-11(9)8-4-2-1-3-5-8;1-15(2,3)9-4(10)5(11)6(12)7(13)8(9)14;1-5(10)7-6(8)3-2-4-9-7;8-2-1(7(13)14)3(9)5(11)6(12)4(2)10;5-4-1-2-6-7-3-4;1-3-4(5)7-2-6-3;3*1-3-4-2;/h1-11,17,19H;4-5,7-9H,2-3,6H2,1H3;6-8,10,16H,3-5H2,1-2H3;1-7H;1-3H3;2-4H,1H3;13-14H;1-2H;2H,1H3;3*1,3-4H2,2H3;. The number of pyridine rings is 4. The molecule has 0 fully saturated rings. The molecule has 4 N–H and O–H groups in total. The second kappa shape index (κ2) is 61.9. The van der Waals surface area contributed by atoms with Gasteiger partial charge in [0.15, 0.2) is 69.7 Å². The fourth-order valence-electron chi connectivity index (χ4n) is 12.7. The van der Waals surface area contributed by atoms with Crippen molar-refractivity contribution in [2.75, 3.05) is 6.61 Å². The number of ether oxygens (including phenoxy) is 1. The Hall–Kier alpha value is -5.10. The second-order valence-electron chi connectivity index (χ2n) is 31.6. The number of oxazole rings is 1. The zero-order chi connectivity index (χ0) is 102. The Morgan fingerprint density at radius 3 is 1.66 bits per heavy atom. The fourth-order valence-corrected chi connectivity index (χ4v) is 40.7. The van der Waals surface area contributed by atoms with E-state index in [4.69, 9.17) is 19.2 Å². The molecule has 736 valence electrons. The van der Waals surface area contributed by atoms with Gasteiger partial charge < -0.3 is 29.4 Å². The number of nitrogens with zero attached hydrogens (tertiary/aromatic N) is 7. The predicted octanol–water partition coefficient (Wildman–Crippen LogP) is 30.5. The number of aromatic nitrogens is 7. The van der Waals surface area contributed by atoms with Gasteiger partial charge in [0.1, 0.15) is 32.4 Å². The number of rotatable bonds is 28. The van der Waals surface area contributed by atoms with E-state index in [1.165, 1.54) is 96.8 Å². The summed E-state index contributed by atoms with van der Waals surface area (Å²) in [4.78, 5) is 43.2. The SMILES string of the molecule is Brc1ccc(Br)c(-c2ccccc2)n1.CC(=O)c1ncccc1Br.CC(C)CCCC(O)c1nc(Br)ccc1Br.CCCCOc1ccc2c(Br)c(C=O)ncc2c1.CCC[CH2][Sn]([CH2]CCC)([CH2]CCC)[c]1nnccc1Br.C[Si](C)(C)c1c(F)c(F)c(F)c(F)c1Br.Cc1ncoc1Br.O=S(=O)(c1ccccc1)c1ccc(Br)c(C(O)c2cccs2)c1.OB(O)c1c(F)c(F)c(F)c(F)c1Br. The fraction of sp³-hybridized carbons (Fsp3) is 0.302. The number of aryl methyl sites for hydroxylation is 1. The van der Waals surface area contributed by atoms with Gasteiger partial charge in [-0.1, -0.05) is 130 Å². The number of ketones is 1. The number of benzene rings is 6. The average molecular weight is 2770 g/mol. The van der Waals surface area contributed by atoms with Gasteiger partial charge >= 0.3 is 145 Å². The van der Waals surface area contributed by atoms with Crippen LogP contribution in [0.2, 0.25) is 33.0 Å². The molecule has 6 aromatic carbocycles. The van der Waals surface area contributed by atoms with Crippen molar-refractivity contribution in [1.82, 2.24) is 35.1 Å². The van der Waals surface area contributed by atoms with Gasteiger partial charge in [-0.05, 0) is 276 Å². The van der Waals surface area contributed by atoms with E-state index in [9.17, 15) is 63.3 Å². The van der Waals surface area contributed by atoms with Crippen molar-refractivity contribution in [1.29, 1.82) is 0 Å². The van der Waals surface area contributed by atoms with Gasteiger partial charge in [-0.15, -0.1) is 11.3 Å². The minimum atomic E-state index is -3.61. The number of aliphatic hydroxyl groups excluding tert-OH is 2. The van der Waals surface area contributed by atoms with Gasteiger partial charge in [0, 0.05) is 64.1 Å². The van der Waals surface area contributed by atoms with Crippen molar-refractivity contribution in [3.05, 3.63) is 311 Å². The number of unbranched alkanes of at least 4 members (excludes halogenated alkanes) is 4. The molecule has 137 heavy (non-hydrogen) atoms. The number of carbonyl (C=O) groups excluding carboxylic acids is 2. The van der Waals surface area contributed by atoms with Gasteiger partial charge in [0.2, 0.25) is 9.84 Å². The van der Waals surface area contributed by atoms with Crippen LogP contribution in [-0.2, 0) is 9.84 Å². The number of carbonyl (C=O) groups is 2. The molecule has 2 atom stereocenters. The van der Waals surface area contributed by atoms with Crippen LogP contribution in [0.15, 0.2) is 246 Å². The van der Waals surface area contributed by atoms with E-state index in [1.807, 2.05) is 103 Å². The summed E-state index contributed by atoms with van der Waals surface area (Å²) in [6, 6.07) is 45.9. The normalized spacial score (nSPS) is 11.4. The first kappa shape index (κ1) is 122. The topological polar surface area (TPSA) is 262 Å². The molecular formula is C96H101BBr11F8N7O10S2SiSn. The second-order valence-corrected chi connectivity index (χ2v) is 61.5. The molecule has 41 heteroatoms. The molecule has 13 aromatic rings. The summed E-state index contributed by atoms with van der Waals surface area (Å²) in [5.74, 6) is -12.3. The van der Waals surface area contributed by atoms with Crippen molar-refractivity contribution < 1.29 is 82.5 Å². The van der Waals surface area contributed by atoms with Crippen molar-refractivity contribution in [2.24, 2.45) is 5.92 Å². The molecule has 0 saturated heterocycles. The Morgan fingerprint density at radius 2 is 1.15 bits per heavy atom. The van der Waals surface area contributed by atoms with Gasteiger partial charge in [-0.3, -0.25) is 19.6 Å². The summed E-state index contributed by atoms with van der Waals surface area (Å²) in [7, 11) is -8.32. The van der Waals surface area contributed by atoms with Crippen LogP contribution in [0.3, 0.4) is 0 Å². The smallest absolute Gasteiger partial charge is 0.436 e. The summed E-state index contributed by atoms with van der Waals surface area (Å²) >= 11 is 34.6. The van der Waals surface area contributed by atoms with E-state index in [0.717, 1.165) is 116 Å². The van der Waals surface area contributed by atoms with E-state index in [2.05, 4.69) is 258 Å². The van der Waals surface area contributed by atoms with Crippen molar-refractivity contribution in [3.63, 3.8) is 0 Å². The number of fused-ring (bicyclic) bond motifs is 1. The predicted molar refractivity (Wildman–Crippen MR) is 574 cm³/mol. The largest absolute Gasteiger partial charge is 0.492 e. The maximum absolute atomic E-state index is 13.4. The third-order valence-corrected chi connectivity index (χ3v) is 48.4. The number of Topliss-reactive ketones (excluding diaryl/α,β-unsaturated/α-hetero) is 1. The summed E-state index contributed by atoms with van der Waals surface area (Å²) in [6.45, 7) is 22.7. The van der Waals surface area contributed by atoms with E-state index >= 15 is 0 Å². The number of hydrogen-bond acceptors (Lipinski definition) is 18. The Morgan fingerprint density at radius 1 is 0.577 bits per heavy atom. The molecule has 7 aromatic heterocycles. The first-order valence-corrected chi connectivity index (χ1v) is 64.8. The molecule has 0 saturated carbocycles. The quantitative estimate of drug-likeness (QED) is 0.00519. The Bertz CT molecular complexity index is 6060. The zero-order valence-electron chi connectivity index (χ0n) is 76.2. The molecule has 0 radical (unpaired) electrons. The minimum Gasteiger partial charge on any atom is -0.436 e. The first-order chi connectivity index (χ1) is 64.8. The molecule has 0 spiro atoms. The van der Waals surface area contributed by atoms with E-state index < -0.39 is 112 Å². The number of thiophene rings is 1. The monoisotopic (exact) mass is 2750 g/mol. The van der Waals surface area contributed by atoms with E-state index in [1.54, 1.807) is 80.6 Å². The van der Waals surface area contributed by atoms with Crippen LogP contribution in [0.1, 0.15) is 174 Å². The summed E-state index contributed by atoms with van der Waals surface area (Å²) in [5.41, 5.74) is 4.04. The molecular weight excluding hydrogens is 2660 g/mol. The van der Waals surface area contributed by atoms with Crippen LogP contribution in [0.5, 0.6) is 5.75 Å². The Balaban J connectivity index is 0.000000276. The van der Waals surface area contributed by atoms with Gasteiger partial charge in [0.05, 0.1) is 61.1 Å². The van der Waals surface area contributed by atoms with Gasteiger partial charge in [-0.2, -0.15) is 0 Å². The van der Waals surface area contributed by atoms with Crippen LogP contribution < -0.4 is 19.1 Å². The minimum absolute atomic E-state index is 0.0209. The van der Waals surface area contributed by atoms with Crippen LogP contribution in [0.4, 0.5) is 35.1 Å². The first-order valence-electron chi connectivity index (χ1n) is 42.7. The van der Waals surface area contributed by atoms with Crippen molar-refractivity contribution in [3.8, 4) is 17.0 Å². The molecule has 13 rings (SSSR count). The van der Waals surface area contributed by atoms with Crippen LogP contribution in [-0.4, -0.2) is 116 Å². The van der Waals surface area contributed by atoms with E-state index in [0.29, 0.717) is 32.0 Å². The number of sulfone groups is 1. The number of aldehydes is 1. The zero-order valence-corrected chi connectivity index (χ0v) is 99.1. The van der Waals surface area contributed by atoms with Crippen molar-refractivity contribution >= 4 is 267 Å². The summed E-state index contributed by atoms with van der Waals surface area (Å²) in [6.07, 6.45) is 19.0. The molecule has 0 amide bonds. The third-order valence-electron chi connectivity index (χ3n) is 19.9. The van der Waals surface area contributed by atoms with E-state index in [-0.39, 0.29) is 25.2 Å². The number of aliphatic hydroxyl groups is 2. The van der Waals surface area contributed by atoms with Gasteiger partial charge in [-0.25, -0.2) is 58.5 Å². The number of halogens is 19. The molecule has 0 aliphatic heterocycles. The maximum Gasteiger partial charge on any atom is 0.492 e.